The topological polar surface area (TPSA) is 57.0 Å². The Bertz CT molecular complexity index is 530. The maximum atomic E-state index is 11.6. The highest BCUT2D eigenvalue weighted by Crippen LogP contribution is 2.27. The van der Waals surface area contributed by atoms with E-state index in [1.54, 1.807) is 19.4 Å². The normalized spacial score (nSPS) is 10.4. The van der Waals surface area contributed by atoms with Crippen molar-refractivity contribution in [2.75, 3.05) is 7.11 Å². The first-order chi connectivity index (χ1) is 7.63. The number of carbonyl (C=O) groups excluding carboxylic acids is 1. The van der Waals surface area contributed by atoms with Gasteiger partial charge in [-0.1, -0.05) is 0 Å². The van der Waals surface area contributed by atoms with Gasteiger partial charge in [-0.15, -0.1) is 11.3 Å². The molecule has 16 heavy (non-hydrogen) atoms. The number of nitrogens with zero attached hydrogens (tertiary/aromatic N) is 3. The van der Waals surface area contributed by atoms with E-state index in [2.05, 4.69) is 10.1 Å². The highest BCUT2D eigenvalue weighted by Gasteiger charge is 2.20. The first-order valence-corrected chi connectivity index (χ1v) is 5.48. The molecule has 2 heterocycles. The molecule has 0 aliphatic carbocycles. The second-order valence-corrected chi connectivity index (χ2v) is 4.53. The van der Waals surface area contributed by atoms with E-state index in [0.29, 0.717) is 11.3 Å². The summed E-state index contributed by atoms with van der Waals surface area (Å²) in [6, 6.07) is 0. The first kappa shape index (κ1) is 10.8. The lowest BCUT2D eigenvalue weighted by Gasteiger charge is -2.01. The third kappa shape index (κ3) is 1.71. The summed E-state index contributed by atoms with van der Waals surface area (Å²) in [5.41, 5.74) is 1.14. The Kier molecular flexibility index (Phi) is 2.74. The number of esters is 1. The second kappa shape index (κ2) is 4.05. The maximum absolute atomic E-state index is 11.6. The van der Waals surface area contributed by atoms with Crippen molar-refractivity contribution in [2.45, 2.75) is 6.92 Å². The molecule has 0 spiro atoms. The minimum absolute atomic E-state index is 0.400. The molecule has 0 unspecified atom stereocenters. The number of aromatic nitrogens is 3. The summed E-state index contributed by atoms with van der Waals surface area (Å²) in [5, 5.41) is 4.84. The average molecular weight is 237 g/mol. The Hall–Kier alpha value is -1.69. The zero-order chi connectivity index (χ0) is 11.7. The van der Waals surface area contributed by atoms with Gasteiger partial charge in [0.2, 0.25) is 0 Å². The number of thiazole rings is 1. The molecule has 0 fully saturated rings. The summed E-state index contributed by atoms with van der Waals surface area (Å²) in [6.07, 6.45) is 3.40. The molecule has 0 aliphatic heterocycles. The van der Waals surface area contributed by atoms with Crippen molar-refractivity contribution in [1.82, 2.24) is 14.8 Å². The number of rotatable bonds is 2. The fraction of sp³-hybridized carbons (Fsp3) is 0.300. The Morgan fingerprint density at radius 1 is 1.50 bits per heavy atom. The predicted molar refractivity (Wildman–Crippen MR) is 60.4 cm³/mol. The quantitative estimate of drug-likeness (QED) is 0.745. The fourth-order valence-corrected chi connectivity index (χ4v) is 2.19. The standard InChI is InChI=1S/C10H11N3O2S/c1-6-4-11-9(16-6)7-5-12-13(2)8(7)10(14)15-3/h4-5H,1-3H3. The SMILES string of the molecule is COC(=O)c1c(-c2ncc(C)s2)cnn1C. The second-order valence-electron chi connectivity index (χ2n) is 3.30. The van der Waals surface area contributed by atoms with Gasteiger partial charge in [0.05, 0.1) is 18.9 Å². The van der Waals surface area contributed by atoms with Crippen LogP contribution in [-0.2, 0) is 11.8 Å². The van der Waals surface area contributed by atoms with Gasteiger partial charge >= 0.3 is 5.97 Å². The number of hydrogen-bond donors (Lipinski definition) is 0. The van der Waals surface area contributed by atoms with Crippen molar-refractivity contribution in [3.8, 4) is 10.6 Å². The highest BCUT2D eigenvalue weighted by atomic mass is 32.1. The molecule has 2 rings (SSSR count). The first-order valence-electron chi connectivity index (χ1n) is 4.66. The predicted octanol–water partition coefficient (Wildman–Crippen LogP) is 1.64. The minimum atomic E-state index is -0.400. The molecule has 5 nitrogen and oxygen atoms in total. The molecule has 0 saturated heterocycles. The van der Waals surface area contributed by atoms with Crippen LogP contribution in [0.4, 0.5) is 0 Å². The van der Waals surface area contributed by atoms with Crippen LogP contribution in [0, 0.1) is 6.92 Å². The van der Waals surface area contributed by atoms with E-state index in [9.17, 15) is 4.79 Å². The number of carbonyl (C=O) groups is 1. The van der Waals surface area contributed by atoms with Crippen molar-refractivity contribution in [2.24, 2.45) is 7.05 Å². The van der Waals surface area contributed by atoms with Gasteiger partial charge in [-0.2, -0.15) is 5.10 Å². The maximum Gasteiger partial charge on any atom is 0.357 e. The monoisotopic (exact) mass is 237 g/mol. The van der Waals surface area contributed by atoms with Gasteiger partial charge in [-0.3, -0.25) is 4.68 Å². The van der Waals surface area contributed by atoms with Gasteiger partial charge in [-0.05, 0) is 6.92 Å². The number of hydrogen-bond acceptors (Lipinski definition) is 5. The van der Waals surface area contributed by atoms with Crippen LogP contribution in [0.5, 0.6) is 0 Å². The Labute approximate surface area is 96.7 Å². The van der Waals surface area contributed by atoms with Gasteiger partial charge in [0.25, 0.3) is 0 Å². The molecular formula is C10H11N3O2S. The van der Waals surface area contributed by atoms with Crippen LogP contribution < -0.4 is 0 Å². The van der Waals surface area contributed by atoms with Crippen molar-refractivity contribution in [3.05, 3.63) is 23.0 Å². The molecule has 0 aliphatic rings. The van der Waals surface area contributed by atoms with E-state index in [1.807, 2.05) is 6.92 Å². The molecule has 0 N–H and O–H groups in total. The van der Waals surface area contributed by atoms with Crippen LogP contribution in [0.25, 0.3) is 10.6 Å². The zero-order valence-corrected chi connectivity index (χ0v) is 10.0. The molecule has 84 valence electrons. The molecular weight excluding hydrogens is 226 g/mol. The summed E-state index contributed by atoms with van der Waals surface area (Å²) in [6.45, 7) is 1.97. The summed E-state index contributed by atoms with van der Waals surface area (Å²) >= 11 is 1.52. The van der Waals surface area contributed by atoms with Crippen LogP contribution in [0.1, 0.15) is 15.4 Å². The third-order valence-electron chi connectivity index (χ3n) is 2.17. The molecule has 0 bridgehead atoms. The molecule has 2 aromatic heterocycles. The molecule has 6 heteroatoms. The summed E-state index contributed by atoms with van der Waals surface area (Å²) in [5.74, 6) is -0.400. The molecule has 0 atom stereocenters. The van der Waals surface area contributed by atoms with E-state index < -0.39 is 5.97 Å². The summed E-state index contributed by atoms with van der Waals surface area (Å²) in [4.78, 5) is 16.9. The smallest absolute Gasteiger partial charge is 0.357 e. The van der Waals surface area contributed by atoms with Crippen LogP contribution >= 0.6 is 11.3 Å². The zero-order valence-electron chi connectivity index (χ0n) is 9.22. The average Bonchev–Trinajstić information content (AvgIpc) is 2.83. The number of ether oxygens (including phenoxy) is 1. The molecule has 2 aromatic rings. The van der Waals surface area contributed by atoms with Crippen LogP contribution in [0.2, 0.25) is 0 Å². The fourth-order valence-electron chi connectivity index (χ4n) is 1.41. The van der Waals surface area contributed by atoms with Crippen LogP contribution in [-0.4, -0.2) is 27.8 Å². The van der Waals surface area contributed by atoms with E-state index in [-0.39, 0.29) is 0 Å². The van der Waals surface area contributed by atoms with Gasteiger partial charge in [0, 0.05) is 18.1 Å². The van der Waals surface area contributed by atoms with Gasteiger partial charge < -0.3 is 4.74 Å². The molecule has 0 amide bonds. The number of aryl methyl sites for hydroxylation is 2. The lowest BCUT2D eigenvalue weighted by molar-refractivity contribution is 0.0589. The highest BCUT2D eigenvalue weighted by molar-refractivity contribution is 7.15. The summed E-state index contributed by atoms with van der Waals surface area (Å²) in [7, 11) is 3.06. The molecule has 0 radical (unpaired) electrons. The van der Waals surface area contributed by atoms with Gasteiger partial charge in [0.15, 0.2) is 5.69 Å². The van der Waals surface area contributed by atoms with Crippen molar-refractivity contribution in [1.29, 1.82) is 0 Å². The van der Waals surface area contributed by atoms with E-state index in [0.717, 1.165) is 9.88 Å². The van der Waals surface area contributed by atoms with Gasteiger partial charge in [0.1, 0.15) is 5.01 Å². The number of methoxy groups -OCH3 is 1. The van der Waals surface area contributed by atoms with Crippen molar-refractivity contribution in [3.63, 3.8) is 0 Å². The summed E-state index contributed by atoms with van der Waals surface area (Å²) < 4.78 is 6.22. The van der Waals surface area contributed by atoms with E-state index in [1.165, 1.54) is 23.1 Å². The van der Waals surface area contributed by atoms with Crippen molar-refractivity contribution < 1.29 is 9.53 Å². The van der Waals surface area contributed by atoms with E-state index >= 15 is 0 Å². The van der Waals surface area contributed by atoms with Gasteiger partial charge in [-0.25, -0.2) is 9.78 Å². The lowest BCUT2D eigenvalue weighted by atomic mass is 10.2. The van der Waals surface area contributed by atoms with E-state index in [4.69, 9.17) is 4.74 Å². The Morgan fingerprint density at radius 3 is 2.81 bits per heavy atom. The van der Waals surface area contributed by atoms with Crippen LogP contribution in [0.3, 0.4) is 0 Å². The van der Waals surface area contributed by atoms with Crippen LogP contribution in [0.15, 0.2) is 12.4 Å². The molecule has 0 aromatic carbocycles. The lowest BCUT2D eigenvalue weighted by Crippen LogP contribution is -2.09. The minimum Gasteiger partial charge on any atom is -0.464 e. The van der Waals surface area contributed by atoms with Crippen molar-refractivity contribution >= 4 is 17.3 Å². The Balaban J connectivity index is 2.53. The third-order valence-corrected chi connectivity index (χ3v) is 3.12. The Morgan fingerprint density at radius 2 is 2.25 bits per heavy atom. The molecule has 0 saturated carbocycles. The largest absolute Gasteiger partial charge is 0.464 e.